The first kappa shape index (κ1) is 16.0. The molecule has 1 rings (SSSR count). The van der Waals surface area contributed by atoms with E-state index in [4.69, 9.17) is 5.26 Å². The van der Waals surface area contributed by atoms with Crippen molar-refractivity contribution in [3.63, 3.8) is 0 Å². The van der Waals surface area contributed by atoms with Crippen LogP contribution in [0.2, 0.25) is 0 Å². The summed E-state index contributed by atoms with van der Waals surface area (Å²) >= 11 is 3.30. The zero-order valence-corrected chi connectivity index (χ0v) is 13.4. The standard InChI is InChI=1S/C12H16BrN3O2S/c1-12(2,16-19(3,17)18)8-15-11-6-4-5-10(13)9(11)7-14/h4-6,15-16H,8H2,1-3H3. The molecule has 104 valence electrons. The van der Waals surface area contributed by atoms with E-state index < -0.39 is 15.6 Å². The number of hydrogen-bond acceptors (Lipinski definition) is 4. The summed E-state index contributed by atoms with van der Waals surface area (Å²) in [5.41, 5.74) is 0.515. The Morgan fingerprint density at radius 1 is 1.42 bits per heavy atom. The Bertz CT molecular complexity index is 606. The molecular weight excluding hydrogens is 330 g/mol. The number of anilines is 1. The van der Waals surface area contributed by atoms with Gasteiger partial charge in [-0.05, 0) is 41.9 Å². The van der Waals surface area contributed by atoms with Gasteiger partial charge >= 0.3 is 0 Å². The molecule has 1 aromatic carbocycles. The predicted molar refractivity (Wildman–Crippen MR) is 79.4 cm³/mol. The predicted octanol–water partition coefficient (Wildman–Crippen LogP) is 2.06. The highest BCUT2D eigenvalue weighted by Crippen LogP contribution is 2.24. The van der Waals surface area contributed by atoms with Crippen molar-refractivity contribution in [3.8, 4) is 6.07 Å². The Kier molecular flexibility index (Phi) is 4.96. The number of sulfonamides is 1. The van der Waals surface area contributed by atoms with E-state index in [2.05, 4.69) is 32.0 Å². The largest absolute Gasteiger partial charge is 0.382 e. The lowest BCUT2D eigenvalue weighted by Crippen LogP contribution is -2.47. The van der Waals surface area contributed by atoms with Crippen molar-refractivity contribution >= 4 is 31.6 Å². The molecule has 0 radical (unpaired) electrons. The number of rotatable bonds is 5. The minimum atomic E-state index is -3.27. The van der Waals surface area contributed by atoms with Crippen LogP contribution in [-0.4, -0.2) is 26.8 Å². The molecule has 0 spiro atoms. The second-order valence-electron chi connectivity index (χ2n) is 4.89. The third-order valence-corrected chi connectivity index (χ3v) is 3.89. The third-order valence-electron chi connectivity index (χ3n) is 2.31. The number of nitrogens with one attached hydrogen (secondary N) is 2. The summed E-state index contributed by atoms with van der Waals surface area (Å²) in [5.74, 6) is 0. The fourth-order valence-corrected chi connectivity index (χ4v) is 3.17. The van der Waals surface area contributed by atoms with Gasteiger partial charge in [-0.15, -0.1) is 0 Å². The first-order valence-corrected chi connectivity index (χ1v) is 8.24. The molecule has 0 aliphatic rings. The average molecular weight is 346 g/mol. The molecule has 0 saturated heterocycles. The lowest BCUT2D eigenvalue weighted by Gasteiger charge is -2.26. The summed E-state index contributed by atoms with van der Waals surface area (Å²) in [4.78, 5) is 0. The van der Waals surface area contributed by atoms with Crippen molar-refractivity contribution in [2.24, 2.45) is 0 Å². The number of hydrogen-bond donors (Lipinski definition) is 2. The van der Waals surface area contributed by atoms with Crippen LogP contribution in [0.5, 0.6) is 0 Å². The van der Waals surface area contributed by atoms with Crippen LogP contribution in [0.4, 0.5) is 5.69 Å². The normalized spacial score (nSPS) is 11.9. The van der Waals surface area contributed by atoms with Gasteiger partial charge < -0.3 is 5.32 Å². The summed E-state index contributed by atoms with van der Waals surface area (Å²) in [6, 6.07) is 7.47. The highest BCUT2D eigenvalue weighted by molar-refractivity contribution is 9.10. The molecule has 0 heterocycles. The van der Waals surface area contributed by atoms with Gasteiger partial charge in [0.05, 0.1) is 17.5 Å². The van der Waals surface area contributed by atoms with Gasteiger partial charge in [-0.2, -0.15) is 5.26 Å². The zero-order valence-electron chi connectivity index (χ0n) is 11.0. The summed E-state index contributed by atoms with van der Waals surface area (Å²) in [6.45, 7) is 3.90. The van der Waals surface area contributed by atoms with E-state index in [0.29, 0.717) is 22.3 Å². The van der Waals surface area contributed by atoms with Gasteiger partial charge in [-0.3, -0.25) is 0 Å². The lowest BCUT2D eigenvalue weighted by molar-refractivity contribution is 0.476. The van der Waals surface area contributed by atoms with Gasteiger partial charge in [-0.1, -0.05) is 6.07 Å². The smallest absolute Gasteiger partial charge is 0.209 e. The van der Waals surface area contributed by atoms with Gasteiger partial charge in [0.25, 0.3) is 0 Å². The lowest BCUT2D eigenvalue weighted by atomic mass is 10.1. The minimum Gasteiger partial charge on any atom is -0.382 e. The molecule has 1 aromatic rings. The monoisotopic (exact) mass is 345 g/mol. The summed E-state index contributed by atoms with van der Waals surface area (Å²) in [6.07, 6.45) is 1.12. The molecule has 0 aromatic heterocycles. The Labute approximate surface area is 122 Å². The molecule has 2 N–H and O–H groups in total. The van der Waals surface area contributed by atoms with Crippen molar-refractivity contribution in [2.45, 2.75) is 19.4 Å². The van der Waals surface area contributed by atoms with Crippen LogP contribution in [-0.2, 0) is 10.0 Å². The maximum Gasteiger partial charge on any atom is 0.209 e. The molecule has 5 nitrogen and oxygen atoms in total. The molecule has 7 heteroatoms. The Hall–Kier alpha value is -1.10. The Morgan fingerprint density at radius 2 is 2.05 bits per heavy atom. The SMILES string of the molecule is CC(C)(CNc1cccc(Br)c1C#N)NS(C)(=O)=O. The maximum absolute atomic E-state index is 11.2. The molecule has 0 amide bonds. The molecule has 0 unspecified atom stereocenters. The van der Waals surface area contributed by atoms with E-state index in [9.17, 15) is 8.42 Å². The number of nitrogens with zero attached hydrogens (tertiary/aromatic N) is 1. The quantitative estimate of drug-likeness (QED) is 0.855. The van der Waals surface area contributed by atoms with Crippen LogP contribution < -0.4 is 10.0 Å². The van der Waals surface area contributed by atoms with E-state index >= 15 is 0 Å². The van der Waals surface area contributed by atoms with E-state index in [-0.39, 0.29) is 0 Å². The molecule has 0 atom stereocenters. The third kappa shape index (κ3) is 5.19. The average Bonchev–Trinajstić information content (AvgIpc) is 2.23. The van der Waals surface area contributed by atoms with E-state index in [0.717, 1.165) is 6.26 Å². The van der Waals surface area contributed by atoms with Gasteiger partial charge in [0, 0.05) is 16.6 Å². The van der Waals surface area contributed by atoms with E-state index in [1.807, 2.05) is 6.07 Å². The van der Waals surface area contributed by atoms with Crippen LogP contribution >= 0.6 is 15.9 Å². The highest BCUT2D eigenvalue weighted by Gasteiger charge is 2.22. The van der Waals surface area contributed by atoms with Crippen LogP contribution in [0.1, 0.15) is 19.4 Å². The molecule has 19 heavy (non-hydrogen) atoms. The molecular formula is C12H16BrN3O2S. The summed E-state index contributed by atoms with van der Waals surface area (Å²) < 4.78 is 25.7. The van der Waals surface area contributed by atoms with Crippen molar-refractivity contribution < 1.29 is 8.42 Å². The molecule has 0 saturated carbocycles. The summed E-state index contributed by atoms with van der Waals surface area (Å²) in [5, 5.41) is 12.2. The van der Waals surface area contributed by atoms with Crippen molar-refractivity contribution in [3.05, 3.63) is 28.2 Å². The van der Waals surface area contributed by atoms with Crippen molar-refractivity contribution in [2.75, 3.05) is 18.1 Å². The fraction of sp³-hybridized carbons (Fsp3) is 0.417. The number of nitriles is 1. The first-order chi connectivity index (χ1) is 8.64. The Morgan fingerprint density at radius 3 is 2.58 bits per heavy atom. The van der Waals surface area contributed by atoms with Crippen molar-refractivity contribution in [1.29, 1.82) is 5.26 Å². The fourth-order valence-electron chi connectivity index (χ4n) is 1.64. The van der Waals surface area contributed by atoms with E-state index in [1.165, 1.54) is 0 Å². The maximum atomic E-state index is 11.2. The molecule has 0 aliphatic carbocycles. The zero-order chi connectivity index (χ0) is 14.7. The Balaban J connectivity index is 2.83. The van der Waals surface area contributed by atoms with Gasteiger partial charge in [0.15, 0.2) is 0 Å². The molecule has 0 aliphatic heterocycles. The van der Waals surface area contributed by atoms with Crippen molar-refractivity contribution in [1.82, 2.24) is 4.72 Å². The molecule has 0 bridgehead atoms. The van der Waals surface area contributed by atoms with Crippen LogP contribution in [0.15, 0.2) is 22.7 Å². The van der Waals surface area contributed by atoms with Crippen LogP contribution in [0.25, 0.3) is 0 Å². The van der Waals surface area contributed by atoms with Crippen LogP contribution in [0, 0.1) is 11.3 Å². The van der Waals surface area contributed by atoms with Gasteiger partial charge in [-0.25, -0.2) is 13.1 Å². The first-order valence-electron chi connectivity index (χ1n) is 5.56. The number of benzene rings is 1. The number of halogens is 1. The van der Waals surface area contributed by atoms with Gasteiger partial charge in [0.2, 0.25) is 10.0 Å². The summed E-state index contributed by atoms with van der Waals surface area (Å²) in [7, 11) is -3.27. The highest BCUT2D eigenvalue weighted by atomic mass is 79.9. The van der Waals surface area contributed by atoms with Crippen LogP contribution in [0.3, 0.4) is 0 Å². The van der Waals surface area contributed by atoms with Gasteiger partial charge in [0.1, 0.15) is 6.07 Å². The second kappa shape index (κ2) is 5.90. The van der Waals surface area contributed by atoms with E-state index in [1.54, 1.807) is 26.0 Å². The molecule has 0 fully saturated rings. The topological polar surface area (TPSA) is 82.0 Å². The minimum absolute atomic E-state index is 0.366. The second-order valence-corrected chi connectivity index (χ2v) is 7.49.